The van der Waals surface area contributed by atoms with Crippen LogP contribution in [0.2, 0.25) is 0 Å². The van der Waals surface area contributed by atoms with Crippen molar-refractivity contribution in [2.45, 2.75) is 64.1 Å². The number of hydrogen-bond donors (Lipinski definition) is 2. The van der Waals surface area contributed by atoms with Crippen molar-refractivity contribution in [3.05, 3.63) is 0 Å². The number of halogens is 3. The Bertz CT molecular complexity index is 500. The molecule has 5 nitrogen and oxygen atoms in total. The van der Waals surface area contributed by atoms with Gasteiger partial charge in [0.25, 0.3) is 5.91 Å². The minimum Gasteiger partial charge on any atom is -0.359 e. The molecule has 4 fully saturated rings. The number of nitrogens with one attached hydrogen (secondary N) is 2. The van der Waals surface area contributed by atoms with Crippen LogP contribution in [0.15, 0.2) is 0 Å². The maximum absolute atomic E-state index is 12.2. The Morgan fingerprint density at radius 1 is 1.08 bits per heavy atom. The summed E-state index contributed by atoms with van der Waals surface area (Å²) in [5.74, 6) is 1.11. The largest absolute Gasteiger partial charge is 0.411 e. The first kappa shape index (κ1) is 18.5. The van der Waals surface area contributed by atoms with Crippen LogP contribution in [0, 0.1) is 23.2 Å². The second-order valence-corrected chi connectivity index (χ2v) is 8.20. The molecule has 0 radical (unpaired) electrons. The molecule has 2 amide bonds. The van der Waals surface area contributed by atoms with Crippen molar-refractivity contribution < 1.29 is 27.5 Å². The molecule has 4 saturated carbocycles. The predicted molar refractivity (Wildman–Crippen MR) is 83.0 cm³/mol. The average molecular weight is 362 g/mol. The number of ether oxygens (including phenoxy) is 1. The van der Waals surface area contributed by atoms with E-state index in [4.69, 9.17) is 0 Å². The van der Waals surface area contributed by atoms with Gasteiger partial charge in [-0.3, -0.25) is 20.4 Å². The normalized spacial score (nSPS) is 34.6. The van der Waals surface area contributed by atoms with Gasteiger partial charge in [0.2, 0.25) is 5.91 Å². The van der Waals surface area contributed by atoms with E-state index >= 15 is 0 Å². The molecule has 8 heteroatoms. The lowest BCUT2D eigenvalue weighted by Gasteiger charge is -2.56. The molecule has 0 unspecified atom stereocenters. The number of carbonyl (C=O) groups excluding carboxylic acids is 2. The van der Waals surface area contributed by atoms with E-state index in [-0.39, 0.29) is 11.3 Å². The van der Waals surface area contributed by atoms with E-state index in [9.17, 15) is 22.8 Å². The van der Waals surface area contributed by atoms with Gasteiger partial charge in [-0.05, 0) is 68.6 Å². The van der Waals surface area contributed by atoms with Gasteiger partial charge in [-0.25, -0.2) is 0 Å². The lowest BCUT2D eigenvalue weighted by atomic mass is 9.49. The number of alkyl halides is 3. The molecule has 0 heterocycles. The third kappa shape index (κ3) is 4.65. The van der Waals surface area contributed by atoms with E-state index < -0.39 is 24.8 Å². The zero-order valence-corrected chi connectivity index (χ0v) is 14.3. The first-order valence-electron chi connectivity index (χ1n) is 8.91. The van der Waals surface area contributed by atoms with Crippen LogP contribution in [0.4, 0.5) is 13.2 Å². The molecule has 4 bridgehead atoms. The number of hydrazine groups is 1. The lowest BCUT2D eigenvalue weighted by Crippen LogP contribution is -2.51. The smallest absolute Gasteiger partial charge is 0.359 e. The Morgan fingerprint density at radius 3 is 2.08 bits per heavy atom. The summed E-state index contributed by atoms with van der Waals surface area (Å²) < 4.78 is 40.7. The molecule has 25 heavy (non-hydrogen) atoms. The van der Waals surface area contributed by atoms with Crippen LogP contribution >= 0.6 is 0 Å². The molecule has 4 aliphatic carbocycles. The van der Waals surface area contributed by atoms with E-state index in [2.05, 4.69) is 15.6 Å². The van der Waals surface area contributed by atoms with Crippen molar-refractivity contribution in [1.29, 1.82) is 0 Å². The van der Waals surface area contributed by atoms with Crippen LogP contribution in [0.25, 0.3) is 0 Å². The van der Waals surface area contributed by atoms with E-state index in [1.54, 1.807) is 0 Å². The summed E-state index contributed by atoms with van der Waals surface area (Å²) in [5, 5.41) is 0. The summed E-state index contributed by atoms with van der Waals surface area (Å²) in [6.07, 6.45) is 1.66. The van der Waals surface area contributed by atoms with E-state index in [0.29, 0.717) is 6.42 Å². The van der Waals surface area contributed by atoms with Gasteiger partial charge < -0.3 is 4.74 Å². The zero-order valence-electron chi connectivity index (χ0n) is 14.3. The molecule has 142 valence electrons. The second-order valence-electron chi connectivity index (χ2n) is 8.20. The Labute approximate surface area is 145 Å². The Hall–Kier alpha value is -1.31. The van der Waals surface area contributed by atoms with Gasteiger partial charge in [-0.2, -0.15) is 13.2 Å². The fourth-order valence-electron chi connectivity index (χ4n) is 5.42. The number of amides is 2. The molecular weight excluding hydrogens is 337 g/mol. The molecule has 1 atom stereocenters. The average Bonchev–Trinajstić information content (AvgIpc) is 2.47. The summed E-state index contributed by atoms with van der Waals surface area (Å²) in [4.78, 5) is 23.9. The lowest BCUT2D eigenvalue weighted by molar-refractivity contribution is -0.186. The summed E-state index contributed by atoms with van der Waals surface area (Å²) in [6.45, 7) is -0.283. The maximum atomic E-state index is 12.2. The molecule has 0 aliphatic heterocycles. The van der Waals surface area contributed by atoms with Crippen LogP contribution < -0.4 is 10.9 Å². The Balaban J connectivity index is 1.43. The SMILES string of the molecule is C[C@H](OCC(F)(F)F)C(=O)NNC(=O)CC12CC3CC(CC(C3)C1)C2. The molecule has 4 rings (SSSR count). The van der Waals surface area contributed by atoms with Crippen molar-refractivity contribution in [1.82, 2.24) is 10.9 Å². The Morgan fingerprint density at radius 2 is 1.60 bits per heavy atom. The van der Waals surface area contributed by atoms with Crippen molar-refractivity contribution in [3.63, 3.8) is 0 Å². The number of carbonyl (C=O) groups is 2. The standard InChI is InChI=1S/C17H25F3N2O3/c1-10(25-9-17(18,19)20)15(24)22-21-14(23)8-16-5-11-2-12(6-16)4-13(3-11)7-16/h10-13H,2-9H2,1H3,(H,21,23)(H,22,24)/t10-,11?,12?,13?,16?/m0/s1. The summed E-state index contributed by atoms with van der Waals surface area (Å²) in [6, 6.07) is 0. The highest BCUT2D eigenvalue weighted by Gasteiger charge is 2.51. The van der Waals surface area contributed by atoms with Crippen LogP contribution in [0.3, 0.4) is 0 Å². The number of hydrogen-bond acceptors (Lipinski definition) is 3. The second kappa shape index (κ2) is 6.78. The minimum absolute atomic E-state index is 0.0436. The van der Waals surface area contributed by atoms with E-state index in [1.165, 1.54) is 26.2 Å². The third-order valence-corrected chi connectivity index (χ3v) is 5.89. The molecule has 0 aromatic rings. The molecule has 0 saturated heterocycles. The van der Waals surface area contributed by atoms with Crippen molar-refractivity contribution >= 4 is 11.8 Å². The third-order valence-electron chi connectivity index (χ3n) is 5.89. The monoisotopic (exact) mass is 362 g/mol. The quantitative estimate of drug-likeness (QED) is 0.739. The van der Waals surface area contributed by atoms with Gasteiger partial charge in [0.1, 0.15) is 12.7 Å². The molecule has 4 aliphatic rings. The van der Waals surface area contributed by atoms with Crippen LogP contribution in [0.1, 0.15) is 51.9 Å². The van der Waals surface area contributed by atoms with E-state index in [0.717, 1.165) is 37.0 Å². The molecule has 0 spiro atoms. The molecule has 0 aromatic carbocycles. The maximum Gasteiger partial charge on any atom is 0.411 e. The van der Waals surface area contributed by atoms with Crippen molar-refractivity contribution in [3.8, 4) is 0 Å². The predicted octanol–water partition coefficient (Wildman–Crippen LogP) is 2.71. The van der Waals surface area contributed by atoms with Gasteiger partial charge in [0.05, 0.1) is 0 Å². The van der Waals surface area contributed by atoms with Crippen LogP contribution in [-0.4, -0.2) is 30.7 Å². The zero-order chi connectivity index (χ0) is 18.2. The van der Waals surface area contributed by atoms with Crippen molar-refractivity contribution in [2.75, 3.05) is 6.61 Å². The van der Waals surface area contributed by atoms with Gasteiger partial charge in [0, 0.05) is 6.42 Å². The van der Waals surface area contributed by atoms with Gasteiger partial charge in [-0.15, -0.1) is 0 Å². The molecule has 0 aromatic heterocycles. The first-order valence-corrected chi connectivity index (χ1v) is 8.91. The van der Waals surface area contributed by atoms with E-state index in [1.807, 2.05) is 0 Å². The topological polar surface area (TPSA) is 67.4 Å². The fourth-order valence-corrected chi connectivity index (χ4v) is 5.42. The first-order chi connectivity index (χ1) is 11.6. The van der Waals surface area contributed by atoms with Gasteiger partial charge in [-0.1, -0.05) is 0 Å². The fraction of sp³-hybridized carbons (Fsp3) is 0.882. The number of rotatable bonds is 5. The summed E-state index contributed by atoms with van der Waals surface area (Å²) in [7, 11) is 0. The van der Waals surface area contributed by atoms with Gasteiger partial charge >= 0.3 is 6.18 Å². The van der Waals surface area contributed by atoms with Crippen LogP contribution in [0.5, 0.6) is 0 Å². The summed E-state index contributed by atoms with van der Waals surface area (Å²) >= 11 is 0. The highest BCUT2D eigenvalue weighted by atomic mass is 19.4. The molecular formula is C17H25F3N2O3. The van der Waals surface area contributed by atoms with Crippen LogP contribution in [-0.2, 0) is 14.3 Å². The summed E-state index contributed by atoms with van der Waals surface area (Å²) in [5.41, 5.74) is 4.55. The Kier molecular flexibility index (Phi) is 5.01. The van der Waals surface area contributed by atoms with Gasteiger partial charge in [0.15, 0.2) is 0 Å². The molecule has 2 N–H and O–H groups in total. The highest BCUT2D eigenvalue weighted by Crippen LogP contribution is 2.61. The van der Waals surface area contributed by atoms with Crippen molar-refractivity contribution in [2.24, 2.45) is 23.2 Å². The highest BCUT2D eigenvalue weighted by molar-refractivity contribution is 5.84. The minimum atomic E-state index is -4.49.